The first-order valence-electron chi connectivity index (χ1n) is 5.44. The van der Waals surface area contributed by atoms with Gasteiger partial charge in [-0.1, -0.05) is 0 Å². The summed E-state index contributed by atoms with van der Waals surface area (Å²) in [7, 11) is 0. The number of nitrogens with two attached hydrogens (primary N) is 1. The molecular formula is C10H17N3O2. The maximum atomic E-state index is 11.4. The standard InChI is InChI=1S/C10H17N3O2/c11-5-8(14)13-7-1-3-10(4-2-7)6-12-9(10)15/h7H,1-6,11H2,(H,12,15)(H,13,14). The lowest BCUT2D eigenvalue weighted by Gasteiger charge is -2.45. The molecule has 4 N–H and O–H groups in total. The van der Waals surface area contributed by atoms with E-state index in [1.165, 1.54) is 0 Å². The van der Waals surface area contributed by atoms with Gasteiger partial charge in [-0.05, 0) is 25.7 Å². The van der Waals surface area contributed by atoms with Crippen molar-refractivity contribution in [2.75, 3.05) is 13.1 Å². The van der Waals surface area contributed by atoms with E-state index in [1.807, 2.05) is 0 Å². The van der Waals surface area contributed by atoms with Crippen LogP contribution in [0.4, 0.5) is 0 Å². The normalized spacial score (nSPS) is 34.5. The number of rotatable bonds is 2. The van der Waals surface area contributed by atoms with Crippen molar-refractivity contribution in [1.29, 1.82) is 0 Å². The second-order valence-corrected chi connectivity index (χ2v) is 4.51. The minimum absolute atomic E-state index is 0.0438. The molecule has 2 fully saturated rings. The van der Waals surface area contributed by atoms with E-state index in [1.54, 1.807) is 0 Å². The molecule has 2 amide bonds. The minimum atomic E-state index is -0.107. The van der Waals surface area contributed by atoms with Crippen LogP contribution in [0.3, 0.4) is 0 Å². The molecule has 1 aliphatic carbocycles. The van der Waals surface area contributed by atoms with Crippen LogP contribution in [0, 0.1) is 5.41 Å². The van der Waals surface area contributed by atoms with Gasteiger partial charge in [0.15, 0.2) is 0 Å². The van der Waals surface area contributed by atoms with E-state index in [0.29, 0.717) is 0 Å². The van der Waals surface area contributed by atoms with Gasteiger partial charge < -0.3 is 16.4 Å². The van der Waals surface area contributed by atoms with Crippen LogP contribution in [0.2, 0.25) is 0 Å². The molecule has 0 aromatic heterocycles. The largest absolute Gasteiger partial charge is 0.354 e. The summed E-state index contributed by atoms with van der Waals surface area (Å²) in [5.74, 6) is 0.0834. The first-order valence-corrected chi connectivity index (χ1v) is 5.44. The number of β-lactam (4-membered cyclic amide) rings is 1. The van der Waals surface area contributed by atoms with E-state index in [4.69, 9.17) is 5.73 Å². The Morgan fingerprint density at radius 3 is 2.60 bits per heavy atom. The predicted octanol–water partition coefficient (Wildman–Crippen LogP) is -0.880. The fraction of sp³-hybridized carbons (Fsp3) is 0.800. The van der Waals surface area contributed by atoms with Crippen molar-refractivity contribution < 1.29 is 9.59 Å². The Balaban J connectivity index is 1.82. The Morgan fingerprint density at radius 1 is 1.53 bits per heavy atom. The van der Waals surface area contributed by atoms with E-state index in [2.05, 4.69) is 10.6 Å². The first-order chi connectivity index (χ1) is 7.16. The number of carbonyl (C=O) groups excluding carboxylic acids is 2. The van der Waals surface area contributed by atoms with Gasteiger partial charge in [0.25, 0.3) is 0 Å². The molecule has 0 unspecified atom stereocenters. The van der Waals surface area contributed by atoms with Gasteiger partial charge in [-0.2, -0.15) is 0 Å². The van der Waals surface area contributed by atoms with Crippen LogP contribution in [0.5, 0.6) is 0 Å². The van der Waals surface area contributed by atoms with Crippen LogP contribution >= 0.6 is 0 Å². The molecule has 5 heteroatoms. The Kier molecular flexibility index (Phi) is 2.65. The van der Waals surface area contributed by atoms with Crippen LogP contribution in [0.25, 0.3) is 0 Å². The van der Waals surface area contributed by atoms with Gasteiger partial charge in [-0.15, -0.1) is 0 Å². The molecule has 0 aromatic rings. The number of carbonyl (C=O) groups is 2. The number of hydrogen-bond donors (Lipinski definition) is 3. The molecule has 0 atom stereocenters. The van der Waals surface area contributed by atoms with Crippen LogP contribution < -0.4 is 16.4 Å². The highest BCUT2D eigenvalue weighted by Gasteiger charge is 2.48. The molecule has 2 rings (SSSR count). The summed E-state index contributed by atoms with van der Waals surface area (Å²) in [6.07, 6.45) is 3.54. The van der Waals surface area contributed by atoms with Crippen molar-refractivity contribution in [3.63, 3.8) is 0 Å². The van der Waals surface area contributed by atoms with Gasteiger partial charge in [0.05, 0.1) is 12.0 Å². The van der Waals surface area contributed by atoms with Gasteiger partial charge in [0.2, 0.25) is 11.8 Å². The van der Waals surface area contributed by atoms with Gasteiger partial charge in [0.1, 0.15) is 0 Å². The molecule has 1 heterocycles. The third-order valence-electron chi connectivity index (χ3n) is 3.56. The number of amides is 2. The van der Waals surface area contributed by atoms with Crippen molar-refractivity contribution in [3.8, 4) is 0 Å². The zero-order valence-electron chi connectivity index (χ0n) is 8.71. The quantitative estimate of drug-likeness (QED) is 0.519. The van der Waals surface area contributed by atoms with Gasteiger partial charge in [-0.25, -0.2) is 0 Å². The Hall–Kier alpha value is -1.10. The summed E-state index contributed by atoms with van der Waals surface area (Å²) in [6.45, 7) is 0.853. The smallest absolute Gasteiger partial charge is 0.233 e. The topological polar surface area (TPSA) is 84.2 Å². The lowest BCUT2D eigenvalue weighted by atomic mass is 9.68. The molecular weight excluding hydrogens is 194 g/mol. The fourth-order valence-corrected chi connectivity index (χ4v) is 2.42. The average Bonchev–Trinajstić information content (AvgIpc) is 2.28. The molecule has 1 spiro atoms. The second kappa shape index (κ2) is 3.81. The Labute approximate surface area is 88.8 Å². The van der Waals surface area contributed by atoms with Crippen molar-refractivity contribution in [3.05, 3.63) is 0 Å². The third kappa shape index (κ3) is 1.84. The van der Waals surface area contributed by atoms with Crippen molar-refractivity contribution in [2.45, 2.75) is 31.7 Å². The minimum Gasteiger partial charge on any atom is -0.354 e. The summed E-state index contributed by atoms with van der Waals surface area (Å²) in [5.41, 5.74) is 5.12. The molecule has 1 saturated carbocycles. The van der Waals surface area contributed by atoms with Gasteiger partial charge in [0, 0.05) is 12.6 Å². The molecule has 0 radical (unpaired) electrons. The van der Waals surface area contributed by atoms with Gasteiger partial charge in [-0.3, -0.25) is 9.59 Å². The summed E-state index contributed by atoms with van der Waals surface area (Å²) in [5, 5.41) is 5.66. The van der Waals surface area contributed by atoms with Crippen molar-refractivity contribution in [1.82, 2.24) is 10.6 Å². The lowest BCUT2D eigenvalue weighted by molar-refractivity contribution is -0.142. The highest BCUT2D eigenvalue weighted by molar-refractivity contribution is 5.88. The second-order valence-electron chi connectivity index (χ2n) is 4.51. The Bertz CT molecular complexity index is 282. The Morgan fingerprint density at radius 2 is 2.20 bits per heavy atom. The van der Waals surface area contributed by atoms with E-state index in [9.17, 15) is 9.59 Å². The van der Waals surface area contributed by atoms with Crippen LogP contribution in [0.1, 0.15) is 25.7 Å². The molecule has 2 aliphatic rings. The molecule has 1 saturated heterocycles. The van der Waals surface area contributed by atoms with E-state index in [-0.39, 0.29) is 29.8 Å². The van der Waals surface area contributed by atoms with Crippen LogP contribution in [-0.4, -0.2) is 30.9 Å². The number of hydrogen-bond acceptors (Lipinski definition) is 3. The fourth-order valence-electron chi connectivity index (χ4n) is 2.42. The summed E-state index contributed by atoms with van der Waals surface area (Å²) in [4.78, 5) is 22.4. The summed E-state index contributed by atoms with van der Waals surface area (Å²) in [6, 6.07) is 0.208. The zero-order chi connectivity index (χ0) is 10.9. The summed E-state index contributed by atoms with van der Waals surface area (Å²) < 4.78 is 0. The molecule has 0 bridgehead atoms. The van der Waals surface area contributed by atoms with E-state index >= 15 is 0 Å². The van der Waals surface area contributed by atoms with Crippen LogP contribution in [-0.2, 0) is 9.59 Å². The molecule has 5 nitrogen and oxygen atoms in total. The van der Waals surface area contributed by atoms with Gasteiger partial charge >= 0.3 is 0 Å². The third-order valence-corrected chi connectivity index (χ3v) is 3.56. The monoisotopic (exact) mass is 211 g/mol. The SMILES string of the molecule is NCC(=O)NC1CCC2(CC1)CNC2=O. The molecule has 1 aliphatic heterocycles. The summed E-state index contributed by atoms with van der Waals surface area (Å²) >= 11 is 0. The van der Waals surface area contributed by atoms with E-state index in [0.717, 1.165) is 32.2 Å². The molecule has 0 aromatic carbocycles. The molecule has 84 valence electrons. The van der Waals surface area contributed by atoms with Crippen molar-refractivity contribution >= 4 is 11.8 Å². The highest BCUT2D eigenvalue weighted by atomic mass is 16.2. The maximum Gasteiger partial charge on any atom is 0.233 e. The highest BCUT2D eigenvalue weighted by Crippen LogP contribution is 2.40. The van der Waals surface area contributed by atoms with E-state index < -0.39 is 0 Å². The maximum absolute atomic E-state index is 11.4. The van der Waals surface area contributed by atoms with Crippen LogP contribution in [0.15, 0.2) is 0 Å². The predicted molar refractivity (Wildman–Crippen MR) is 54.9 cm³/mol. The van der Waals surface area contributed by atoms with Crippen molar-refractivity contribution in [2.24, 2.45) is 11.1 Å². The zero-order valence-corrected chi connectivity index (χ0v) is 8.71. The molecule has 15 heavy (non-hydrogen) atoms. The first kappa shape index (κ1) is 10.4. The average molecular weight is 211 g/mol. The lowest BCUT2D eigenvalue weighted by Crippen LogP contribution is -2.61. The number of nitrogens with one attached hydrogen (secondary N) is 2.